The van der Waals surface area contributed by atoms with E-state index in [-0.39, 0.29) is 23.8 Å². The van der Waals surface area contributed by atoms with E-state index in [4.69, 9.17) is 4.74 Å². The summed E-state index contributed by atoms with van der Waals surface area (Å²) in [6.45, 7) is 0.809. The minimum atomic E-state index is -0.337. The van der Waals surface area contributed by atoms with E-state index in [1.165, 1.54) is 23.1 Å². The van der Waals surface area contributed by atoms with Crippen LogP contribution in [0.1, 0.15) is 11.4 Å². The van der Waals surface area contributed by atoms with Crippen molar-refractivity contribution in [1.82, 2.24) is 14.9 Å². The molecular weight excluding hydrogens is 361 g/mol. The van der Waals surface area contributed by atoms with E-state index < -0.39 is 0 Å². The van der Waals surface area contributed by atoms with Crippen LogP contribution in [0.5, 0.6) is 0 Å². The number of para-hydroxylation sites is 1. The third-order valence-electron chi connectivity index (χ3n) is 4.17. The standard InChI is InChI=1S/C21H20FN3O3/c1-28-13-12-25(20(26)11-8-15-6-9-16(22)10-7-15)14-19-23-18-5-3-2-4-17(18)21(27)24-19/h2-11H,12-14H2,1H3,(H,23,24,27)/b11-8+. The summed E-state index contributed by atoms with van der Waals surface area (Å²) in [5.74, 6) is -0.211. The molecule has 1 amide bonds. The average Bonchev–Trinajstić information content (AvgIpc) is 2.70. The molecule has 0 saturated heterocycles. The van der Waals surface area contributed by atoms with Crippen molar-refractivity contribution in [3.8, 4) is 0 Å². The molecule has 1 heterocycles. The SMILES string of the molecule is COCCN(Cc1nc2ccccc2c(=O)[nH]1)C(=O)/C=C/c1ccc(F)cc1. The van der Waals surface area contributed by atoms with E-state index in [0.29, 0.717) is 35.4 Å². The number of carbonyl (C=O) groups excluding carboxylic acids is 1. The second-order valence-electron chi connectivity index (χ2n) is 6.17. The first-order chi connectivity index (χ1) is 13.6. The molecule has 3 rings (SSSR count). The molecule has 0 aliphatic rings. The van der Waals surface area contributed by atoms with Gasteiger partial charge in [-0.15, -0.1) is 0 Å². The molecule has 0 spiro atoms. The maximum absolute atomic E-state index is 13.0. The lowest BCUT2D eigenvalue weighted by Gasteiger charge is -2.20. The van der Waals surface area contributed by atoms with Gasteiger partial charge in [-0.1, -0.05) is 24.3 Å². The number of nitrogens with one attached hydrogen (secondary N) is 1. The van der Waals surface area contributed by atoms with Crippen molar-refractivity contribution < 1.29 is 13.9 Å². The number of fused-ring (bicyclic) bond motifs is 1. The highest BCUT2D eigenvalue weighted by Crippen LogP contribution is 2.09. The first kappa shape index (κ1) is 19.4. The summed E-state index contributed by atoms with van der Waals surface area (Å²) in [5.41, 5.74) is 1.03. The third-order valence-corrected chi connectivity index (χ3v) is 4.17. The summed E-state index contributed by atoms with van der Waals surface area (Å²) in [4.78, 5) is 33.6. The number of benzene rings is 2. The summed E-state index contributed by atoms with van der Waals surface area (Å²) in [5, 5.41) is 0.497. The Morgan fingerprint density at radius 1 is 1.21 bits per heavy atom. The van der Waals surface area contributed by atoms with Gasteiger partial charge in [-0.05, 0) is 35.9 Å². The van der Waals surface area contributed by atoms with Crippen molar-refractivity contribution >= 4 is 22.9 Å². The van der Waals surface area contributed by atoms with Crippen LogP contribution in [0.2, 0.25) is 0 Å². The van der Waals surface area contributed by atoms with Crippen molar-refractivity contribution in [2.45, 2.75) is 6.54 Å². The van der Waals surface area contributed by atoms with Gasteiger partial charge < -0.3 is 14.6 Å². The Bertz CT molecular complexity index is 1040. The van der Waals surface area contributed by atoms with E-state index in [2.05, 4.69) is 9.97 Å². The Kier molecular flexibility index (Phi) is 6.29. The first-order valence-corrected chi connectivity index (χ1v) is 8.76. The molecule has 0 atom stereocenters. The molecule has 0 bridgehead atoms. The Hall–Kier alpha value is -3.32. The van der Waals surface area contributed by atoms with Crippen molar-refractivity contribution in [2.75, 3.05) is 20.3 Å². The Morgan fingerprint density at radius 2 is 1.96 bits per heavy atom. The number of ether oxygens (including phenoxy) is 1. The number of H-pyrrole nitrogens is 1. The van der Waals surface area contributed by atoms with Crippen LogP contribution in [0.15, 0.2) is 59.4 Å². The number of rotatable bonds is 7. The molecule has 0 aliphatic heterocycles. The molecule has 3 aromatic rings. The zero-order chi connectivity index (χ0) is 19.9. The Morgan fingerprint density at radius 3 is 2.71 bits per heavy atom. The van der Waals surface area contributed by atoms with Crippen LogP contribution in [0.4, 0.5) is 4.39 Å². The van der Waals surface area contributed by atoms with Gasteiger partial charge in [0.25, 0.3) is 5.56 Å². The van der Waals surface area contributed by atoms with Crippen molar-refractivity contribution in [3.63, 3.8) is 0 Å². The van der Waals surface area contributed by atoms with Gasteiger partial charge in [-0.2, -0.15) is 0 Å². The lowest BCUT2D eigenvalue weighted by atomic mass is 10.2. The molecule has 6 nitrogen and oxygen atoms in total. The topological polar surface area (TPSA) is 75.3 Å². The van der Waals surface area contributed by atoms with E-state index in [0.717, 1.165) is 0 Å². The molecule has 0 fully saturated rings. The molecule has 28 heavy (non-hydrogen) atoms. The van der Waals surface area contributed by atoms with Crippen LogP contribution < -0.4 is 5.56 Å². The van der Waals surface area contributed by atoms with Gasteiger partial charge >= 0.3 is 0 Å². The van der Waals surface area contributed by atoms with Gasteiger partial charge in [-0.3, -0.25) is 9.59 Å². The molecule has 0 saturated carbocycles. The maximum Gasteiger partial charge on any atom is 0.258 e. The predicted molar refractivity (Wildman–Crippen MR) is 105 cm³/mol. The van der Waals surface area contributed by atoms with Crippen LogP contribution in [-0.4, -0.2) is 41.0 Å². The largest absolute Gasteiger partial charge is 0.383 e. The molecule has 1 aromatic heterocycles. The van der Waals surface area contributed by atoms with E-state index in [1.807, 2.05) is 0 Å². The van der Waals surface area contributed by atoms with Crippen LogP contribution in [0, 0.1) is 5.82 Å². The second kappa shape index (κ2) is 9.05. The highest BCUT2D eigenvalue weighted by atomic mass is 19.1. The number of nitrogens with zero attached hydrogens (tertiary/aromatic N) is 2. The fourth-order valence-corrected chi connectivity index (χ4v) is 2.71. The van der Waals surface area contributed by atoms with Crippen LogP contribution in [0.3, 0.4) is 0 Å². The number of hydrogen-bond acceptors (Lipinski definition) is 4. The number of hydrogen-bond donors (Lipinski definition) is 1. The van der Waals surface area contributed by atoms with Crippen LogP contribution >= 0.6 is 0 Å². The lowest BCUT2D eigenvalue weighted by Crippen LogP contribution is -2.33. The number of aromatic amines is 1. The zero-order valence-electron chi connectivity index (χ0n) is 15.4. The number of carbonyl (C=O) groups is 1. The maximum atomic E-state index is 13.0. The van der Waals surface area contributed by atoms with Crippen molar-refractivity contribution in [1.29, 1.82) is 0 Å². The minimum absolute atomic E-state index is 0.135. The fourth-order valence-electron chi connectivity index (χ4n) is 2.71. The highest BCUT2D eigenvalue weighted by molar-refractivity contribution is 5.91. The van der Waals surface area contributed by atoms with Gasteiger partial charge in [-0.25, -0.2) is 9.37 Å². The summed E-state index contributed by atoms with van der Waals surface area (Å²) < 4.78 is 18.1. The van der Waals surface area contributed by atoms with E-state index in [1.54, 1.807) is 49.6 Å². The fraction of sp³-hybridized carbons (Fsp3) is 0.190. The van der Waals surface area contributed by atoms with Crippen LogP contribution in [0.25, 0.3) is 17.0 Å². The van der Waals surface area contributed by atoms with Crippen molar-refractivity contribution in [3.05, 3.63) is 82.2 Å². The minimum Gasteiger partial charge on any atom is -0.383 e. The summed E-state index contributed by atoms with van der Waals surface area (Å²) in [6, 6.07) is 12.9. The highest BCUT2D eigenvalue weighted by Gasteiger charge is 2.14. The summed E-state index contributed by atoms with van der Waals surface area (Å²) >= 11 is 0. The summed E-state index contributed by atoms with van der Waals surface area (Å²) in [7, 11) is 1.55. The smallest absolute Gasteiger partial charge is 0.258 e. The number of methoxy groups -OCH3 is 1. The predicted octanol–water partition coefficient (Wildman–Crippen LogP) is 2.75. The van der Waals surface area contributed by atoms with Crippen molar-refractivity contribution in [2.24, 2.45) is 0 Å². The number of amides is 1. The van der Waals surface area contributed by atoms with Gasteiger partial charge in [0.1, 0.15) is 11.6 Å². The quantitative estimate of drug-likeness (QED) is 0.639. The Labute approximate surface area is 161 Å². The second-order valence-corrected chi connectivity index (χ2v) is 6.17. The Balaban J connectivity index is 1.80. The molecule has 1 N–H and O–H groups in total. The third kappa shape index (κ3) is 4.89. The van der Waals surface area contributed by atoms with E-state index >= 15 is 0 Å². The van der Waals surface area contributed by atoms with Gasteiger partial charge in [0.05, 0.1) is 24.1 Å². The molecule has 0 radical (unpaired) electrons. The van der Waals surface area contributed by atoms with Gasteiger partial charge in [0.2, 0.25) is 5.91 Å². The normalized spacial score (nSPS) is 11.2. The summed E-state index contributed by atoms with van der Waals surface area (Å²) in [6.07, 6.45) is 3.01. The molecule has 0 unspecified atom stereocenters. The number of halogens is 1. The molecule has 144 valence electrons. The lowest BCUT2D eigenvalue weighted by molar-refractivity contribution is -0.127. The van der Waals surface area contributed by atoms with E-state index in [9.17, 15) is 14.0 Å². The van der Waals surface area contributed by atoms with Crippen LogP contribution in [-0.2, 0) is 16.1 Å². The molecular formula is C21H20FN3O3. The zero-order valence-corrected chi connectivity index (χ0v) is 15.4. The van der Waals surface area contributed by atoms with Gasteiger partial charge in [0, 0.05) is 19.7 Å². The first-order valence-electron chi connectivity index (χ1n) is 8.76. The molecule has 0 aliphatic carbocycles. The number of aromatic nitrogens is 2. The monoisotopic (exact) mass is 381 g/mol. The average molecular weight is 381 g/mol. The van der Waals surface area contributed by atoms with Gasteiger partial charge in [0.15, 0.2) is 0 Å². The molecule has 7 heteroatoms. The molecule has 2 aromatic carbocycles.